The van der Waals surface area contributed by atoms with Crippen LogP contribution in [0.15, 0.2) is 29.8 Å². The molecule has 1 aliphatic rings. The van der Waals surface area contributed by atoms with Crippen molar-refractivity contribution in [1.82, 2.24) is 4.98 Å². The lowest BCUT2D eigenvalue weighted by Crippen LogP contribution is -2.35. The number of amides is 1. The van der Waals surface area contributed by atoms with Crippen molar-refractivity contribution >= 4 is 32.5 Å². The molecule has 0 bridgehead atoms. The maximum atomic E-state index is 11.4. The van der Waals surface area contributed by atoms with Crippen molar-refractivity contribution in [2.24, 2.45) is 0 Å². The van der Waals surface area contributed by atoms with Crippen LogP contribution in [0.4, 0.5) is 10.5 Å². The van der Waals surface area contributed by atoms with E-state index in [1.807, 2.05) is 11.5 Å². The highest BCUT2D eigenvalue weighted by atomic mass is 33.1. The van der Waals surface area contributed by atoms with E-state index in [4.69, 9.17) is 4.74 Å². The number of nitrogens with zero attached hydrogens (tertiary/aromatic N) is 2. The predicted octanol–water partition coefficient (Wildman–Crippen LogP) is 2.32. The number of hydrogen-bond acceptors (Lipinski definition) is 4. The Kier molecular flexibility index (Phi) is 4.03. The highest BCUT2D eigenvalue weighted by molar-refractivity contribution is 8.75. The standard InChI is InChI=1S/C11H12N2O3S2/c1-16-9-4-3-8(7-12-9)13(11(14)15)10-5-6-18(2)17-10/h3-7,10H,1-2H3/p+1. The van der Waals surface area contributed by atoms with Gasteiger partial charge in [0.2, 0.25) is 5.88 Å². The average Bonchev–Trinajstić information content (AvgIpc) is 2.76. The molecule has 1 aliphatic heterocycles. The molecule has 1 amide bonds. The molecule has 0 aromatic carbocycles. The Morgan fingerprint density at radius 1 is 1.61 bits per heavy atom. The molecule has 0 spiro atoms. The molecular weight excluding hydrogens is 272 g/mol. The summed E-state index contributed by atoms with van der Waals surface area (Å²) in [6.45, 7) is 0. The monoisotopic (exact) mass is 285 g/mol. The van der Waals surface area contributed by atoms with Crippen molar-refractivity contribution in [3.05, 3.63) is 29.8 Å². The molecule has 1 aromatic heterocycles. The fourth-order valence-corrected chi connectivity index (χ4v) is 4.58. The van der Waals surface area contributed by atoms with Gasteiger partial charge in [0.15, 0.2) is 5.37 Å². The van der Waals surface area contributed by atoms with E-state index in [9.17, 15) is 9.90 Å². The number of methoxy groups -OCH3 is 1. The van der Waals surface area contributed by atoms with Gasteiger partial charge in [-0.1, -0.05) is 0 Å². The first kappa shape index (κ1) is 13.1. The molecule has 5 nitrogen and oxygen atoms in total. The largest absolute Gasteiger partial charge is 0.481 e. The van der Waals surface area contributed by atoms with Gasteiger partial charge >= 0.3 is 6.09 Å². The summed E-state index contributed by atoms with van der Waals surface area (Å²) in [5.41, 5.74) is 0.546. The van der Waals surface area contributed by atoms with Gasteiger partial charge in [0.05, 0.1) is 28.9 Å². The molecule has 7 heteroatoms. The lowest BCUT2D eigenvalue weighted by molar-refractivity contribution is 0.202. The molecule has 18 heavy (non-hydrogen) atoms. The number of aromatic nitrogens is 1. The molecule has 2 atom stereocenters. The Morgan fingerprint density at radius 3 is 2.83 bits per heavy atom. The Morgan fingerprint density at radius 2 is 2.39 bits per heavy atom. The Balaban J connectivity index is 2.24. The second-order valence-electron chi connectivity index (χ2n) is 3.53. The van der Waals surface area contributed by atoms with E-state index < -0.39 is 6.09 Å². The zero-order valence-electron chi connectivity index (χ0n) is 9.94. The summed E-state index contributed by atoms with van der Waals surface area (Å²) in [7, 11) is 3.20. The van der Waals surface area contributed by atoms with Crippen molar-refractivity contribution in [3.8, 4) is 5.88 Å². The summed E-state index contributed by atoms with van der Waals surface area (Å²) in [4.78, 5) is 16.7. The molecule has 96 valence electrons. The number of hydrogen-bond donors (Lipinski definition) is 1. The highest BCUT2D eigenvalue weighted by Crippen LogP contribution is 2.34. The summed E-state index contributed by atoms with van der Waals surface area (Å²) in [6.07, 6.45) is 4.50. The van der Waals surface area contributed by atoms with Crippen LogP contribution < -0.4 is 9.64 Å². The third kappa shape index (κ3) is 2.73. The molecular formula is C11H13N2O3S2+. The summed E-state index contributed by atoms with van der Waals surface area (Å²) in [5, 5.41) is 11.2. The van der Waals surface area contributed by atoms with Crippen LogP contribution in [-0.4, -0.2) is 34.9 Å². The number of rotatable bonds is 3. The van der Waals surface area contributed by atoms with Gasteiger partial charge in [-0.05, 0) is 6.07 Å². The van der Waals surface area contributed by atoms with Crippen molar-refractivity contribution in [2.75, 3.05) is 18.3 Å². The summed E-state index contributed by atoms with van der Waals surface area (Å²) >= 11 is 0. The fourth-order valence-electron chi connectivity index (χ4n) is 1.53. The molecule has 1 aromatic rings. The van der Waals surface area contributed by atoms with Crippen LogP contribution in [0.25, 0.3) is 0 Å². The van der Waals surface area contributed by atoms with Gasteiger partial charge in [-0.2, -0.15) is 0 Å². The van der Waals surface area contributed by atoms with E-state index in [2.05, 4.69) is 11.2 Å². The number of pyridine rings is 1. The maximum Gasteiger partial charge on any atom is 0.413 e. The number of ether oxygens (including phenoxy) is 1. The predicted molar refractivity (Wildman–Crippen MR) is 75.1 cm³/mol. The van der Waals surface area contributed by atoms with E-state index in [0.717, 1.165) is 0 Å². The summed E-state index contributed by atoms with van der Waals surface area (Å²) in [6, 6.07) is 3.35. The maximum absolute atomic E-state index is 11.4. The van der Waals surface area contributed by atoms with Crippen LogP contribution in [0, 0.1) is 0 Å². The average molecular weight is 285 g/mol. The van der Waals surface area contributed by atoms with E-state index in [-0.39, 0.29) is 15.3 Å². The molecule has 2 heterocycles. The van der Waals surface area contributed by atoms with Gasteiger partial charge in [0.1, 0.15) is 22.5 Å². The van der Waals surface area contributed by atoms with Gasteiger partial charge in [0.25, 0.3) is 0 Å². The minimum Gasteiger partial charge on any atom is -0.481 e. The van der Waals surface area contributed by atoms with E-state index in [1.54, 1.807) is 22.9 Å². The van der Waals surface area contributed by atoms with Crippen LogP contribution >= 0.6 is 10.8 Å². The minimum absolute atomic E-state index is 0.0662. The van der Waals surface area contributed by atoms with Gasteiger partial charge < -0.3 is 9.84 Å². The summed E-state index contributed by atoms with van der Waals surface area (Å²) in [5.74, 6) is 0.467. The van der Waals surface area contributed by atoms with Crippen LogP contribution in [0.1, 0.15) is 0 Å². The Bertz CT molecular complexity index is 464. The van der Waals surface area contributed by atoms with Crippen molar-refractivity contribution in [1.29, 1.82) is 0 Å². The third-order valence-electron chi connectivity index (χ3n) is 2.35. The first-order valence-corrected chi connectivity index (χ1v) is 8.23. The lowest BCUT2D eigenvalue weighted by atomic mass is 10.3. The second kappa shape index (κ2) is 5.53. The van der Waals surface area contributed by atoms with Crippen molar-refractivity contribution in [3.63, 3.8) is 0 Å². The molecule has 0 saturated heterocycles. The third-order valence-corrected chi connectivity index (χ3v) is 5.60. The SMILES string of the molecule is COc1ccc(N(C(=O)O)C2C=C[S+](C)S2)cn1. The van der Waals surface area contributed by atoms with Crippen molar-refractivity contribution in [2.45, 2.75) is 5.37 Å². The van der Waals surface area contributed by atoms with Crippen molar-refractivity contribution < 1.29 is 14.6 Å². The van der Waals surface area contributed by atoms with Crippen LogP contribution in [0.3, 0.4) is 0 Å². The molecule has 2 rings (SSSR count). The molecule has 1 N–H and O–H groups in total. The lowest BCUT2D eigenvalue weighted by Gasteiger charge is -2.21. The van der Waals surface area contributed by atoms with E-state index in [1.165, 1.54) is 18.2 Å². The minimum atomic E-state index is -0.983. The fraction of sp³-hybridized carbons (Fsp3) is 0.273. The van der Waals surface area contributed by atoms with E-state index >= 15 is 0 Å². The Labute approximate surface area is 112 Å². The second-order valence-corrected chi connectivity index (χ2v) is 7.62. The molecule has 0 fully saturated rings. The molecule has 0 aliphatic carbocycles. The first-order valence-electron chi connectivity index (χ1n) is 5.14. The normalized spacial score (nSPS) is 21.9. The molecule has 2 unspecified atom stereocenters. The zero-order valence-corrected chi connectivity index (χ0v) is 11.6. The van der Waals surface area contributed by atoms with Crippen LogP contribution in [-0.2, 0) is 9.93 Å². The Hall–Kier alpha value is -1.34. The number of carbonyl (C=O) groups is 1. The van der Waals surface area contributed by atoms with Crippen LogP contribution in [0.5, 0.6) is 5.88 Å². The molecule has 0 saturated carbocycles. The smallest absolute Gasteiger partial charge is 0.413 e. The summed E-state index contributed by atoms with van der Waals surface area (Å²) < 4.78 is 4.96. The highest BCUT2D eigenvalue weighted by Gasteiger charge is 2.34. The van der Waals surface area contributed by atoms with Gasteiger partial charge in [0, 0.05) is 12.1 Å². The van der Waals surface area contributed by atoms with Gasteiger partial charge in [-0.25, -0.2) is 9.78 Å². The first-order chi connectivity index (χ1) is 8.61. The van der Waals surface area contributed by atoms with Gasteiger partial charge in [-0.3, -0.25) is 4.90 Å². The topological polar surface area (TPSA) is 62.7 Å². The zero-order chi connectivity index (χ0) is 13.1. The molecule has 0 radical (unpaired) electrons. The number of anilines is 1. The van der Waals surface area contributed by atoms with Crippen LogP contribution in [0.2, 0.25) is 0 Å². The number of carboxylic acid groups (broad SMARTS) is 1. The van der Waals surface area contributed by atoms with Gasteiger partial charge in [-0.15, -0.1) is 0 Å². The van der Waals surface area contributed by atoms with E-state index in [0.29, 0.717) is 11.6 Å². The quantitative estimate of drug-likeness (QED) is 0.682.